The highest BCUT2D eigenvalue weighted by atomic mass is 15.2. The summed E-state index contributed by atoms with van der Waals surface area (Å²) in [5, 5.41) is 18.5. The van der Waals surface area contributed by atoms with Gasteiger partial charge in [-0.1, -0.05) is 98.8 Å². The Balaban J connectivity index is 1.04. The Morgan fingerprint density at radius 2 is 1.33 bits per heavy atom. The van der Waals surface area contributed by atoms with E-state index in [0.29, 0.717) is 24.0 Å². The average molecular weight is 561 g/mol. The van der Waals surface area contributed by atoms with E-state index in [0.717, 1.165) is 30.1 Å². The molecule has 2 heterocycles. The Kier molecular flexibility index (Phi) is 9.10. The summed E-state index contributed by atoms with van der Waals surface area (Å²) >= 11 is 0. The summed E-state index contributed by atoms with van der Waals surface area (Å²) in [6.07, 6.45) is 10.1. The van der Waals surface area contributed by atoms with Crippen LogP contribution in [-0.2, 0) is 5.41 Å². The van der Waals surface area contributed by atoms with E-state index in [1.54, 1.807) is 11.1 Å². The summed E-state index contributed by atoms with van der Waals surface area (Å²) in [7, 11) is 0. The summed E-state index contributed by atoms with van der Waals surface area (Å²) in [5.74, 6) is 1.31. The van der Waals surface area contributed by atoms with Crippen LogP contribution in [0.25, 0.3) is 0 Å². The third kappa shape index (κ3) is 5.80. The van der Waals surface area contributed by atoms with E-state index in [1.807, 2.05) is 12.1 Å². The van der Waals surface area contributed by atoms with Gasteiger partial charge in [-0.15, -0.1) is 0 Å². The first-order chi connectivity index (χ1) is 20.6. The second-order valence-corrected chi connectivity index (χ2v) is 13.4. The van der Waals surface area contributed by atoms with Crippen LogP contribution in [0.15, 0.2) is 84.9 Å². The van der Waals surface area contributed by atoms with Gasteiger partial charge < -0.3 is 5.32 Å². The van der Waals surface area contributed by atoms with Crippen molar-refractivity contribution < 1.29 is 0 Å². The zero-order valence-corrected chi connectivity index (χ0v) is 25.5. The standard InChI is InChI=1S/C38H48N4/c1-28(2)25-37(38(26-39,30-11-5-3-6-12-30)31-13-7-4-8-14-31)41-27-40-32-19-17-29(18-20-32)23-24-42-35-21-22-36(42)34-16-10-9-15-33(34)35/h3-16,28-29,32,35-37,40-41H,17-25,27H2,1-2H3/t29?,32?,35?,36?,37-/m0/s1. The van der Waals surface area contributed by atoms with Gasteiger partial charge in [0.15, 0.2) is 0 Å². The maximum Gasteiger partial charge on any atom is 0.122 e. The number of fused-ring (bicyclic) bond motifs is 5. The van der Waals surface area contributed by atoms with Crippen molar-refractivity contribution >= 4 is 0 Å². The number of nitrogens with zero attached hydrogens (tertiary/aromatic N) is 2. The zero-order valence-electron chi connectivity index (χ0n) is 25.5. The van der Waals surface area contributed by atoms with E-state index >= 15 is 0 Å². The van der Waals surface area contributed by atoms with Gasteiger partial charge in [0.25, 0.3) is 0 Å². The topological polar surface area (TPSA) is 51.1 Å². The van der Waals surface area contributed by atoms with Crippen molar-refractivity contribution in [2.75, 3.05) is 13.2 Å². The van der Waals surface area contributed by atoms with Crippen LogP contribution in [0.1, 0.15) is 99.6 Å². The summed E-state index contributed by atoms with van der Waals surface area (Å²) in [6.45, 7) is 6.49. The van der Waals surface area contributed by atoms with Crippen LogP contribution >= 0.6 is 0 Å². The minimum Gasteiger partial charge on any atom is -0.302 e. The van der Waals surface area contributed by atoms with Gasteiger partial charge in [0, 0.05) is 30.8 Å². The molecule has 1 aliphatic carbocycles. The predicted molar refractivity (Wildman–Crippen MR) is 172 cm³/mol. The number of rotatable bonds is 12. The van der Waals surface area contributed by atoms with Crippen molar-refractivity contribution in [1.29, 1.82) is 5.26 Å². The molecule has 0 spiro atoms. The Morgan fingerprint density at radius 1 is 0.786 bits per heavy atom. The molecule has 4 heteroatoms. The van der Waals surface area contributed by atoms with Gasteiger partial charge in [-0.25, -0.2) is 0 Å². The molecule has 3 aromatic rings. The minimum atomic E-state index is -0.749. The number of benzene rings is 3. The molecule has 1 saturated carbocycles. The molecule has 3 aromatic carbocycles. The van der Waals surface area contributed by atoms with Crippen LogP contribution < -0.4 is 10.6 Å². The molecule has 42 heavy (non-hydrogen) atoms. The molecule has 2 unspecified atom stereocenters. The number of nitriles is 1. The van der Waals surface area contributed by atoms with Crippen molar-refractivity contribution in [3.05, 3.63) is 107 Å². The number of hydrogen-bond acceptors (Lipinski definition) is 4. The number of nitrogens with one attached hydrogen (secondary N) is 2. The van der Waals surface area contributed by atoms with Crippen molar-refractivity contribution in [2.45, 2.75) is 94.8 Å². The fraction of sp³-hybridized carbons (Fsp3) is 0.500. The summed E-state index contributed by atoms with van der Waals surface area (Å²) in [6, 6.07) is 34.6. The van der Waals surface area contributed by atoms with Gasteiger partial charge in [-0.2, -0.15) is 5.26 Å². The average Bonchev–Trinajstić information content (AvgIpc) is 3.58. The molecule has 3 aliphatic rings. The van der Waals surface area contributed by atoms with Crippen molar-refractivity contribution in [3.8, 4) is 6.07 Å². The lowest BCUT2D eigenvalue weighted by Gasteiger charge is -2.38. The van der Waals surface area contributed by atoms with Crippen molar-refractivity contribution in [2.24, 2.45) is 11.8 Å². The monoisotopic (exact) mass is 560 g/mol. The molecule has 6 rings (SSSR count). The maximum absolute atomic E-state index is 10.8. The van der Waals surface area contributed by atoms with Crippen LogP contribution in [0.4, 0.5) is 0 Å². The van der Waals surface area contributed by atoms with Crippen LogP contribution in [0.2, 0.25) is 0 Å². The SMILES string of the molecule is CC(C)C[C@H](NCNC1CCC(CCN2C3CCC2c2ccccc23)CC1)C(C#N)(c1ccccc1)c1ccccc1. The Bertz CT molecular complexity index is 1250. The van der Waals surface area contributed by atoms with Gasteiger partial charge in [0.2, 0.25) is 0 Å². The van der Waals surface area contributed by atoms with Crippen LogP contribution in [0.3, 0.4) is 0 Å². The molecule has 0 aromatic heterocycles. The Hall–Kier alpha value is -2.97. The molecule has 0 amide bonds. The first-order valence-electron chi connectivity index (χ1n) is 16.4. The third-order valence-electron chi connectivity index (χ3n) is 10.5. The second-order valence-electron chi connectivity index (χ2n) is 13.4. The molecule has 2 aliphatic heterocycles. The summed E-state index contributed by atoms with van der Waals surface area (Å²) in [4.78, 5) is 2.81. The molecule has 4 nitrogen and oxygen atoms in total. The van der Waals surface area contributed by atoms with Crippen molar-refractivity contribution in [1.82, 2.24) is 15.5 Å². The molecular formula is C38H48N4. The largest absolute Gasteiger partial charge is 0.302 e. The quantitative estimate of drug-likeness (QED) is 0.221. The first kappa shape index (κ1) is 29.1. The fourth-order valence-electron chi connectivity index (χ4n) is 8.34. The van der Waals surface area contributed by atoms with Crippen LogP contribution in [0, 0.1) is 23.2 Å². The smallest absolute Gasteiger partial charge is 0.122 e. The zero-order chi connectivity index (χ0) is 28.9. The highest BCUT2D eigenvalue weighted by Crippen LogP contribution is 2.53. The van der Waals surface area contributed by atoms with Crippen LogP contribution in [-0.4, -0.2) is 30.2 Å². The summed E-state index contributed by atoms with van der Waals surface area (Å²) in [5.41, 5.74) is 4.58. The molecule has 2 bridgehead atoms. The predicted octanol–water partition coefficient (Wildman–Crippen LogP) is 7.89. The lowest BCUT2D eigenvalue weighted by Crippen LogP contribution is -2.53. The minimum absolute atomic E-state index is 0.00362. The molecule has 220 valence electrons. The molecule has 1 saturated heterocycles. The highest BCUT2D eigenvalue weighted by Gasteiger charge is 2.44. The molecule has 0 radical (unpaired) electrons. The van der Waals surface area contributed by atoms with Gasteiger partial charge in [-0.3, -0.25) is 10.2 Å². The Morgan fingerprint density at radius 3 is 1.86 bits per heavy atom. The van der Waals surface area contributed by atoms with E-state index in [2.05, 4.69) is 108 Å². The van der Waals surface area contributed by atoms with E-state index in [9.17, 15) is 5.26 Å². The lowest BCUT2D eigenvalue weighted by atomic mass is 9.68. The van der Waals surface area contributed by atoms with E-state index < -0.39 is 5.41 Å². The first-order valence-corrected chi connectivity index (χ1v) is 16.4. The normalized spacial score (nSPS) is 24.4. The summed E-state index contributed by atoms with van der Waals surface area (Å²) < 4.78 is 0. The third-order valence-corrected chi connectivity index (χ3v) is 10.5. The maximum atomic E-state index is 10.8. The van der Waals surface area contributed by atoms with Gasteiger partial charge in [0.05, 0.1) is 6.07 Å². The second kappa shape index (κ2) is 13.1. The van der Waals surface area contributed by atoms with Gasteiger partial charge in [0.1, 0.15) is 5.41 Å². The highest BCUT2D eigenvalue weighted by molar-refractivity contribution is 5.48. The number of hydrogen-bond donors (Lipinski definition) is 2. The van der Waals surface area contributed by atoms with E-state index in [-0.39, 0.29) is 6.04 Å². The van der Waals surface area contributed by atoms with Gasteiger partial charge in [-0.05, 0) is 92.0 Å². The molecule has 2 fully saturated rings. The molecular weight excluding hydrogens is 512 g/mol. The lowest BCUT2D eigenvalue weighted by molar-refractivity contribution is 0.185. The Labute approximate surface area is 253 Å². The molecule has 2 N–H and O–H groups in total. The van der Waals surface area contributed by atoms with Crippen LogP contribution in [0.5, 0.6) is 0 Å². The molecule has 3 atom stereocenters. The van der Waals surface area contributed by atoms with Gasteiger partial charge >= 0.3 is 0 Å². The fourth-order valence-corrected chi connectivity index (χ4v) is 8.34. The van der Waals surface area contributed by atoms with E-state index in [1.165, 1.54) is 51.5 Å². The van der Waals surface area contributed by atoms with Crippen molar-refractivity contribution in [3.63, 3.8) is 0 Å². The van der Waals surface area contributed by atoms with E-state index in [4.69, 9.17) is 0 Å².